The Bertz CT molecular complexity index is 479. The maximum atomic E-state index is 13.6. The van der Waals surface area contributed by atoms with Crippen molar-refractivity contribution in [2.45, 2.75) is 13.0 Å². The molecule has 1 fully saturated rings. The SMILES string of the molecule is CC1CN(C(=O)c2cc(N)c(F)cc2F)CCO1. The Morgan fingerprint density at radius 3 is 2.83 bits per heavy atom. The van der Waals surface area contributed by atoms with Gasteiger partial charge in [0.2, 0.25) is 0 Å². The van der Waals surface area contributed by atoms with Crippen LogP contribution in [0.25, 0.3) is 0 Å². The third-order valence-corrected chi connectivity index (χ3v) is 2.85. The lowest BCUT2D eigenvalue weighted by Gasteiger charge is -2.31. The maximum absolute atomic E-state index is 13.6. The van der Waals surface area contributed by atoms with Crippen LogP contribution in [0.1, 0.15) is 17.3 Å². The van der Waals surface area contributed by atoms with E-state index >= 15 is 0 Å². The Labute approximate surface area is 103 Å². The zero-order valence-corrected chi connectivity index (χ0v) is 9.95. The summed E-state index contributed by atoms with van der Waals surface area (Å²) < 4.78 is 31.9. The molecule has 0 spiro atoms. The predicted octanol–water partition coefficient (Wildman–Crippen LogP) is 1.41. The molecule has 0 radical (unpaired) electrons. The van der Waals surface area contributed by atoms with Gasteiger partial charge in [0.05, 0.1) is 24.0 Å². The highest BCUT2D eigenvalue weighted by Crippen LogP contribution is 2.19. The second-order valence-electron chi connectivity index (χ2n) is 4.29. The van der Waals surface area contributed by atoms with E-state index in [1.807, 2.05) is 6.92 Å². The van der Waals surface area contributed by atoms with Crippen LogP contribution < -0.4 is 5.73 Å². The number of rotatable bonds is 1. The minimum Gasteiger partial charge on any atom is -0.396 e. The number of carbonyl (C=O) groups excluding carboxylic acids is 1. The second kappa shape index (κ2) is 4.89. The summed E-state index contributed by atoms with van der Waals surface area (Å²) in [4.78, 5) is 13.6. The molecule has 6 heteroatoms. The normalized spacial score (nSPS) is 19.9. The third kappa shape index (κ3) is 2.43. The number of anilines is 1. The molecule has 1 saturated heterocycles. The molecular formula is C12H14F2N2O2. The Hall–Kier alpha value is -1.69. The molecule has 1 heterocycles. The number of benzene rings is 1. The van der Waals surface area contributed by atoms with E-state index < -0.39 is 17.5 Å². The topological polar surface area (TPSA) is 55.6 Å². The van der Waals surface area contributed by atoms with E-state index in [1.54, 1.807) is 0 Å². The number of morpholine rings is 1. The van der Waals surface area contributed by atoms with Crippen LogP contribution in [0.3, 0.4) is 0 Å². The Balaban J connectivity index is 2.25. The molecular weight excluding hydrogens is 242 g/mol. The summed E-state index contributed by atoms with van der Waals surface area (Å²) in [6.45, 7) is 3.01. The fourth-order valence-corrected chi connectivity index (χ4v) is 1.90. The van der Waals surface area contributed by atoms with Crippen molar-refractivity contribution >= 4 is 11.6 Å². The summed E-state index contributed by atoms with van der Waals surface area (Å²) in [5.41, 5.74) is 4.91. The number of ether oxygens (including phenoxy) is 1. The van der Waals surface area contributed by atoms with Crippen LogP contribution in [0.2, 0.25) is 0 Å². The van der Waals surface area contributed by atoms with E-state index in [0.29, 0.717) is 25.8 Å². The predicted molar refractivity (Wildman–Crippen MR) is 62.1 cm³/mol. The molecule has 1 atom stereocenters. The summed E-state index contributed by atoms with van der Waals surface area (Å²) in [5.74, 6) is -2.25. The highest BCUT2D eigenvalue weighted by Gasteiger charge is 2.25. The van der Waals surface area contributed by atoms with Crippen molar-refractivity contribution in [2.24, 2.45) is 0 Å². The van der Waals surface area contributed by atoms with E-state index in [9.17, 15) is 13.6 Å². The molecule has 98 valence electrons. The van der Waals surface area contributed by atoms with E-state index in [1.165, 1.54) is 4.90 Å². The molecule has 1 aliphatic rings. The van der Waals surface area contributed by atoms with Crippen molar-refractivity contribution in [1.82, 2.24) is 4.90 Å². The number of amides is 1. The van der Waals surface area contributed by atoms with Crippen molar-refractivity contribution < 1.29 is 18.3 Å². The average Bonchev–Trinajstić information content (AvgIpc) is 2.33. The minimum atomic E-state index is -0.897. The molecule has 1 amide bonds. The largest absolute Gasteiger partial charge is 0.396 e. The fourth-order valence-electron chi connectivity index (χ4n) is 1.90. The van der Waals surface area contributed by atoms with Crippen LogP contribution in [0.15, 0.2) is 12.1 Å². The van der Waals surface area contributed by atoms with Gasteiger partial charge < -0.3 is 15.4 Å². The molecule has 4 nitrogen and oxygen atoms in total. The van der Waals surface area contributed by atoms with Crippen LogP contribution in [-0.2, 0) is 4.74 Å². The summed E-state index contributed by atoms with van der Waals surface area (Å²) in [6.07, 6.45) is -0.0939. The molecule has 0 saturated carbocycles. The molecule has 0 aromatic heterocycles. The summed E-state index contributed by atoms with van der Waals surface area (Å²) >= 11 is 0. The zero-order valence-electron chi connectivity index (χ0n) is 9.95. The van der Waals surface area contributed by atoms with Gasteiger partial charge in [0.1, 0.15) is 11.6 Å². The highest BCUT2D eigenvalue weighted by atomic mass is 19.1. The Kier molecular flexibility index (Phi) is 3.47. The van der Waals surface area contributed by atoms with Gasteiger partial charge in [-0.2, -0.15) is 0 Å². The van der Waals surface area contributed by atoms with Crippen molar-refractivity contribution in [3.8, 4) is 0 Å². The standard InChI is InChI=1S/C12H14F2N2O2/c1-7-6-16(2-3-18-7)12(17)8-4-11(15)10(14)5-9(8)13/h4-5,7H,2-3,6,15H2,1H3. The molecule has 0 bridgehead atoms. The fraction of sp³-hybridized carbons (Fsp3) is 0.417. The molecule has 0 aliphatic carbocycles. The molecule has 1 aromatic carbocycles. The smallest absolute Gasteiger partial charge is 0.257 e. The quantitative estimate of drug-likeness (QED) is 0.773. The second-order valence-corrected chi connectivity index (χ2v) is 4.29. The van der Waals surface area contributed by atoms with E-state index in [4.69, 9.17) is 10.5 Å². The van der Waals surface area contributed by atoms with Gasteiger partial charge >= 0.3 is 0 Å². The van der Waals surface area contributed by atoms with Gasteiger partial charge in [-0.25, -0.2) is 8.78 Å². The summed E-state index contributed by atoms with van der Waals surface area (Å²) in [5, 5.41) is 0. The highest BCUT2D eigenvalue weighted by molar-refractivity contribution is 5.95. The number of hydrogen-bond acceptors (Lipinski definition) is 3. The lowest BCUT2D eigenvalue weighted by molar-refractivity contribution is -0.0125. The lowest BCUT2D eigenvalue weighted by Crippen LogP contribution is -2.44. The van der Waals surface area contributed by atoms with E-state index in [0.717, 1.165) is 6.07 Å². The van der Waals surface area contributed by atoms with Crippen LogP contribution in [0.5, 0.6) is 0 Å². The molecule has 2 N–H and O–H groups in total. The minimum absolute atomic E-state index is 0.0939. The Morgan fingerprint density at radius 1 is 1.44 bits per heavy atom. The van der Waals surface area contributed by atoms with Gasteiger partial charge in [0, 0.05) is 19.2 Å². The van der Waals surface area contributed by atoms with Crippen LogP contribution >= 0.6 is 0 Å². The molecule has 1 aliphatic heterocycles. The molecule has 2 rings (SSSR count). The van der Waals surface area contributed by atoms with Gasteiger partial charge in [-0.3, -0.25) is 4.79 Å². The number of halogens is 2. The van der Waals surface area contributed by atoms with Crippen molar-refractivity contribution in [3.05, 3.63) is 29.3 Å². The van der Waals surface area contributed by atoms with Crippen molar-refractivity contribution in [2.75, 3.05) is 25.4 Å². The first kappa shape index (κ1) is 12.8. The molecule has 1 aromatic rings. The van der Waals surface area contributed by atoms with Crippen molar-refractivity contribution in [1.29, 1.82) is 0 Å². The van der Waals surface area contributed by atoms with Crippen molar-refractivity contribution in [3.63, 3.8) is 0 Å². The molecule has 18 heavy (non-hydrogen) atoms. The zero-order chi connectivity index (χ0) is 13.3. The van der Waals surface area contributed by atoms with Gasteiger partial charge in [-0.05, 0) is 13.0 Å². The first-order valence-corrected chi connectivity index (χ1v) is 5.64. The molecule has 1 unspecified atom stereocenters. The van der Waals surface area contributed by atoms with Crippen LogP contribution in [0, 0.1) is 11.6 Å². The van der Waals surface area contributed by atoms with Crippen LogP contribution in [0.4, 0.5) is 14.5 Å². The van der Waals surface area contributed by atoms with E-state index in [2.05, 4.69) is 0 Å². The number of nitrogens with two attached hydrogens (primary N) is 1. The first-order valence-electron chi connectivity index (χ1n) is 5.64. The van der Waals surface area contributed by atoms with E-state index in [-0.39, 0.29) is 17.4 Å². The number of nitrogens with zero attached hydrogens (tertiary/aromatic N) is 1. The first-order chi connectivity index (χ1) is 8.49. The average molecular weight is 256 g/mol. The monoisotopic (exact) mass is 256 g/mol. The van der Waals surface area contributed by atoms with Gasteiger partial charge in [-0.1, -0.05) is 0 Å². The Morgan fingerprint density at radius 2 is 2.17 bits per heavy atom. The van der Waals surface area contributed by atoms with Gasteiger partial charge in [0.25, 0.3) is 5.91 Å². The van der Waals surface area contributed by atoms with Crippen LogP contribution in [-0.4, -0.2) is 36.6 Å². The third-order valence-electron chi connectivity index (χ3n) is 2.85. The summed E-state index contributed by atoms with van der Waals surface area (Å²) in [6, 6.07) is 1.67. The summed E-state index contributed by atoms with van der Waals surface area (Å²) in [7, 11) is 0. The number of carbonyl (C=O) groups is 1. The van der Waals surface area contributed by atoms with Gasteiger partial charge in [0.15, 0.2) is 0 Å². The number of hydrogen-bond donors (Lipinski definition) is 1. The van der Waals surface area contributed by atoms with Gasteiger partial charge in [-0.15, -0.1) is 0 Å². The maximum Gasteiger partial charge on any atom is 0.257 e. The lowest BCUT2D eigenvalue weighted by atomic mass is 10.1. The number of nitrogen functional groups attached to an aromatic ring is 1.